The number of nitrogens with zero attached hydrogens (tertiary/aromatic N) is 1. The maximum Gasteiger partial charge on any atom is 0.328 e. The van der Waals surface area contributed by atoms with E-state index in [4.69, 9.17) is 23.7 Å². The molecule has 11 heteroatoms. The topological polar surface area (TPSA) is 122 Å². The Bertz CT molecular complexity index is 1370. The number of pyridine rings is 1. The van der Waals surface area contributed by atoms with Crippen molar-refractivity contribution in [2.45, 2.75) is 45.8 Å². The number of aryl methyl sites for hydroxylation is 1. The Kier molecular flexibility index (Phi) is 10.2. The Morgan fingerprint density at radius 2 is 1.54 bits per heavy atom. The minimum absolute atomic E-state index is 0.112. The van der Waals surface area contributed by atoms with E-state index in [1.807, 2.05) is 13.0 Å². The second kappa shape index (κ2) is 13.6. The van der Waals surface area contributed by atoms with Crippen LogP contribution in [0, 0.1) is 12.7 Å². The lowest BCUT2D eigenvalue weighted by Gasteiger charge is -2.28. The van der Waals surface area contributed by atoms with Crippen LogP contribution in [-0.4, -0.2) is 56.3 Å². The number of nitrogens with one attached hydrogen (secondary N) is 1. The van der Waals surface area contributed by atoms with Crippen LogP contribution in [0.15, 0.2) is 48.7 Å². The predicted molar refractivity (Wildman–Crippen MR) is 147 cm³/mol. The van der Waals surface area contributed by atoms with Crippen molar-refractivity contribution in [2.24, 2.45) is 0 Å². The van der Waals surface area contributed by atoms with Gasteiger partial charge in [0.15, 0.2) is 11.4 Å². The number of hydrogen-bond acceptors (Lipinski definition) is 9. The maximum atomic E-state index is 15.2. The molecule has 3 atom stereocenters. The van der Waals surface area contributed by atoms with Crippen LogP contribution >= 0.6 is 0 Å². The monoisotopic (exact) mass is 568 g/mol. The quantitative estimate of drug-likeness (QED) is 0.336. The van der Waals surface area contributed by atoms with E-state index >= 15 is 4.39 Å². The number of benzene rings is 2. The maximum absolute atomic E-state index is 15.2. The lowest BCUT2D eigenvalue weighted by molar-refractivity contribution is -0.150. The van der Waals surface area contributed by atoms with Gasteiger partial charge < -0.3 is 29.0 Å². The number of carbonyl (C=O) groups is 3. The summed E-state index contributed by atoms with van der Waals surface area (Å²) in [5.74, 6) is -2.61. The van der Waals surface area contributed by atoms with Crippen molar-refractivity contribution in [3.63, 3.8) is 0 Å². The molecule has 1 aromatic heterocycles. The molecular weight excluding hydrogens is 535 g/mol. The zero-order valence-electron chi connectivity index (χ0n) is 23.9. The summed E-state index contributed by atoms with van der Waals surface area (Å²) < 4.78 is 42.0. The number of esters is 2. The van der Waals surface area contributed by atoms with E-state index in [-0.39, 0.29) is 22.8 Å². The molecule has 3 rings (SSSR count). The van der Waals surface area contributed by atoms with Gasteiger partial charge in [-0.1, -0.05) is 6.07 Å². The van der Waals surface area contributed by atoms with Gasteiger partial charge in [-0.15, -0.1) is 0 Å². The summed E-state index contributed by atoms with van der Waals surface area (Å²) in [5.41, 5.74) is 1.50. The summed E-state index contributed by atoms with van der Waals surface area (Å²) in [7, 11) is 4.34. The third-order valence-corrected chi connectivity index (χ3v) is 6.38. The molecule has 0 aliphatic heterocycles. The summed E-state index contributed by atoms with van der Waals surface area (Å²) in [6.45, 7) is 6.09. The van der Waals surface area contributed by atoms with Crippen LogP contribution in [0.3, 0.4) is 0 Å². The first-order valence-electron chi connectivity index (χ1n) is 12.7. The number of aromatic nitrogens is 1. The molecule has 41 heavy (non-hydrogen) atoms. The van der Waals surface area contributed by atoms with E-state index in [2.05, 4.69) is 10.3 Å². The Balaban J connectivity index is 1.90. The Morgan fingerprint density at radius 3 is 2.15 bits per heavy atom. The highest BCUT2D eigenvalue weighted by atomic mass is 19.1. The van der Waals surface area contributed by atoms with Crippen molar-refractivity contribution in [3.05, 3.63) is 76.9 Å². The SMILES string of the molecule is COc1ccc(C)c(C(c2cc(OC)ccc2F)[C@H](C)OC(=O)[C@H](C)NC(=O)c2nccc(OC)c2OC(C)=O)c1. The van der Waals surface area contributed by atoms with Crippen molar-refractivity contribution < 1.29 is 42.5 Å². The Labute approximate surface area is 237 Å². The second-order valence-electron chi connectivity index (χ2n) is 9.21. The molecule has 10 nitrogen and oxygen atoms in total. The molecule has 1 amide bonds. The van der Waals surface area contributed by atoms with Gasteiger partial charge in [0.25, 0.3) is 5.91 Å². The van der Waals surface area contributed by atoms with E-state index in [9.17, 15) is 14.4 Å². The molecule has 0 spiro atoms. The molecule has 3 aromatic rings. The van der Waals surface area contributed by atoms with Gasteiger partial charge >= 0.3 is 11.9 Å². The highest BCUT2D eigenvalue weighted by Gasteiger charge is 2.32. The third kappa shape index (κ3) is 7.30. The second-order valence-corrected chi connectivity index (χ2v) is 9.21. The zero-order valence-corrected chi connectivity index (χ0v) is 23.9. The summed E-state index contributed by atoms with van der Waals surface area (Å²) in [5, 5.41) is 2.51. The summed E-state index contributed by atoms with van der Waals surface area (Å²) in [6, 6.07) is 9.99. The van der Waals surface area contributed by atoms with E-state index in [0.717, 1.165) is 5.56 Å². The molecule has 2 aromatic carbocycles. The van der Waals surface area contributed by atoms with Gasteiger partial charge in [0.1, 0.15) is 29.5 Å². The van der Waals surface area contributed by atoms with Gasteiger partial charge in [-0.3, -0.25) is 9.59 Å². The van der Waals surface area contributed by atoms with E-state index < -0.39 is 41.7 Å². The van der Waals surface area contributed by atoms with Crippen LogP contribution in [0.4, 0.5) is 4.39 Å². The molecule has 1 N–H and O–H groups in total. The van der Waals surface area contributed by atoms with Crippen LogP contribution in [-0.2, 0) is 14.3 Å². The van der Waals surface area contributed by atoms with Crippen LogP contribution in [0.1, 0.15) is 53.9 Å². The first kappa shape index (κ1) is 30.9. The molecule has 218 valence electrons. The number of hydrogen-bond donors (Lipinski definition) is 1. The first-order valence-corrected chi connectivity index (χ1v) is 12.7. The lowest BCUT2D eigenvalue weighted by Crippen LogP contribution is -2.42. The Hall–Kier alpha value is -4.67. The summed E-state index contributed by atoms with van der Waals surface area (Å²) in [4.78, 5) is 41.8. The van der Waals surface area contributed by atoms with Crippen molar-refractivity contribution in [1.82, 2.24) is 10.3 Å². The first-order chi connectivity index (χ1) is 19.5. The van der Waals surface area contributed by atoms with Crippen molar-refractivity contribution in [1.29, 1.82) is 0 Å². The predicted octanol–water partition coefficient (Wildman–Crippen LogP) is 4.36. The fourth-order valence-corrected chi connectivity index (χ4v) is 4.31. The van der Waals surface area contributed by atoms with Crippen LogP contribution < -0.4 is 24.3 Å². The molecule has 1 unspecified atom stereocenters. The standard InChI is InChI=1S/C30H33FN2O8/c1-16-8-9-20(37-5)14-22(16)26(23-15-21(38-6)10-11-24(23)31)18(3)40-30(36)17(2)33-29(35)27-28(41-19(4)34)25(39-7)12-13-32-27/h8-15,17-18,26H,1-7H3,(H,33,35)/t17-,18-,26?/m0/s1. The molecule has 0 aliphatic rings. The average molecular weight is 569 g/mol. The zero-order chi connectivity index (χ0) is 30.3. The molecule has 0 bridgehead atoms. The van der Waals surface area contributed by atoms with Crippen LogP contribution in [0.5, 0.6) is 23.0 Å². The van der Waals surface area contributed by atoms with Gasteiger partial charge in [-0.05, 0) is 62.2 Å². The normalized spacial score (nSPS) is 12.9. The highest BCUT2D eigenvalue weighted by Crippen LogP contribution is 2.37. The Morgan fingerprint density at radius 1 is 0.902 bits per heavy atom. The van der Waals surface area contributed by atoms with E-state index in [1.165, 1.54) is 59.6 Å². The van der Waals surface area contributed by atoms with Crippen molar-refractivity contribution in [2.75, 3.05) is 21.3 Å². The minimum atomic E-state index is -1.15. The van der Waals surface area contributed by atoms with Gasteiger partial charge in [0, 0.05) is 30.7 Å². The smallest absolute Gasteiger partial charge is 0.328 e. The third-order valence-electron chi connectivity index (χ3n) is 6.38. The fourth-order valence-electron chi connectivity index (χ4n) is 4.31. The molecule has 0 aliphatic carbocycles. The number of ether oxygens (including phenoxy) is 5. The van der Waals surface area contributed by atoms with Crippen LogP contribution in [0.2, 0.25) is 0 Å². The van der Waals surface area contributed by atoms with Crippen LogP contribution in [0.25, 0.3) is 0 Å². The molecule has 0 fully saturated rings. The summed E-state index contributed by atoms with van der Waals surface area (Å²) >= 11 is 0. The number of amides is 1. The van der Waals surface area contributed by atoms with Gasteiger partial charge in [-0.2, -0.15) is 0 Å². The summed E-state index contributed by atoms with van der Waals surface area (Å²) in [6.07, 6.45) is 0.413. The van der Waals surface area contributed by atoms with Gasteiger partial charge in [-0.25, -0.2) is 14.2 Å². The molecule has 0 saturated carbocycles. The molecule has 0 saturated heterocycles. The minimum Gasteiger partial charge on any atom is -0.497 e. The average Bonchev–Trinajstić information content (AvgIpc) is 2.94. The fraction of sp³-hybridized carbons (Fsp3) is 0.333. The van der Waals surface area contributed by atoms with Crippen molar-refractivity contribution >= 4 is 17.8 Å². The van der Waals surface area contributed by atoms with E-state index in [1.54, 1.807) is 25.1 Å². The number of halogens is 1. The molecule has 0 radical (unpaired) electrons. The highest BCUT2D eigenvalue weighted by molar-refractivity contribution is 5.98. The number of methoxy groups -OCH3 is 3. The number of carbonyl (C=O) groups excluding carboxylic acids is 3. The molecule has 1 heterocycles. The number of rotatable bonds is 11. The largest absolute Gasteiger partial charge is 0.497 e. The van der Waals surface area contributed by atoms with Gasteiger partial charge in [0.05, 0.1) is 21.3 Å². The molecular formula is C30H33FN2O8. The van der Waals surface area contributed by atoms with E-state index in [0.29, 0.717) is 17.1 Å². The van der Waals surface area contributed by atoms with Crippen molar-refractivity contribution in [3.8, 4) is 23.0 Å². The lowest BCUT2D eigenvalue weighted by atomic mass is 9.84. The van der Waals surface area contributed by atoms with Gasteiger partial charge in [0.2, 0.25) is 5.75 Å².